The maximum atomic E-state index is 12.3. The lowest BCUT2D eigenvalue weighted by Crippen LogP contribution is -2.10. The first-order chi connectivity index (χ1) is 12.0. The number of aromatic nitrogens is 2. The van der Waals surface area contributed by atoms with Crippen molar-refractivity contribution in [2.45, 2.75) is 27.4 Å². The largest absolute Gasteiger partial charge is 0.484 e. The van der Waals surface area contributed by atoms with Gasteiger partial charge in [-0.25, -0.2) is 4.79 Å². The van der Waals surface area contributed by atoms with E-state index in [1.54, 1.807) is 37.3 Å². The highest BCUT2D eigenvalue weighted by Gasteiger charge is 2.12. The van der Waals surface area contributed by atoms with Crippen molar-refractivity contribution in [3.63, 3.8) is 0 Å². The number of ether oxygens (including phenoxy) is 2. The van der Waals surface area contributed by atoms with Gasteiger partial charge >= 0.3 is 5.97 Å². The van der Waals surface area contributed by atoms with Crippen molar-refractivity contribution in [1.82, 2.24) is 10.1 Å². The molecule has 0 spiro atoms. The molecule has 0 aliphatic carbocycles. The van der Waals surface area contributed by atoms with Crippen LogP contribution in [0.15, 0.2) is 47.0 Å². The van der Waals surface area contributed by atoms with Crippen LogP contribution in [0, 0.1) is 20.8 Å². The second kappa shape index (κ2) is 7.17. The molecule has 0 radical (unpaired) electrons. The fourth-order valence-electron chi connectivity index (χ4n) is 2.35. The Morgan fingerprint density at radius 2 is 1.76 bits per heavy atom. The van der Waals surface area contributed by atoms with Crippen LogP contribution in [-0.2, 0) is 6.61 Å². The van der Waals surface area contributed by atoms with Crippen molar-refractivity contribution < 1.29 is 18.8 Å². The van der Waals surface area contributed by atoms with E-state index < -0.39 is 0 Å². The van der Waals surface area contributed by atoms with E-state index in [1.807, 2.05) is 26.0 Å². The Balaban J connectivity index is 1.61. The molecule has 6 heteroatoms. The number of nitrogens with zero attached hydrogens (tertiary/aromatic N) is 2. The second-order valence-corrected chi connectivity index (χ2v) is 5.70. The molecule has 128 valence electrons. The van der Waals surface area contributed by atoms with E-state index in [4.69, 9.17) is 14.0 Å². The summed E-state index contributed by atoms with van der Waals surface area (Å²) in [6.45, 7) is 5.80. The quantitative estimate of drug-likeness (QED) is 0.520. The van der Waals surface area contributed by atoms with Crippen LogP contribution in [0.3, 0.4) is 0 Å². The van der Waals surface area contributed by atoms with E-state index in [0.29, 0.717) is 28.8 Å². The van der Waals surface area contributed by atoms with Gasteiger partial charge in [0.25, 0.3) is 5.89 Å². The minimum absolute atomic E-state index is 0.183. The summed E-state index contributed by atoms with van der Waals surface area (Å²) in [4.78, 5) is 16.3. The highest BCUT2D eigenvalue weighted by Crippen LogP contribution is 2.20. The third-order valence-electron chi connectivity index (χ3n) is 3.57. The number of hydrogen-bond acceptors (Lipinski definition) is 6. The van der Waals surface area contributed by atoms with Gasteiger partial charge in [-0.15, -0.1) is 0 Å². The molecule has 0 aliphatic rings. The third kappa shape index (κ3) is 4.23. The lowest BCUT2D eigenvalue weighted by molar-refractivity contribution is 0.0734. The first-order valence-corrected chi connectivity index (χ1v) is 7.83. The Labute approximate surface area is 145 Å². The van der Waals surface area contributed by atoms with E-state index in [2.05, 4.69) is 10.1 Å². The molecule has 0 saturated heterocycles. The summed E-state index contributed by atoms with van der Waals surface area (Å²) in [5.74, 6) is 1.65. The number of carbonyl (C=O) groups excluding carboxylic acids is 1. The first-order valence-electron chi connectivity index (χ1n) is 7.83. The van der Waals surface area contributed by atoms with Gasteiger partial charge in [0.2, 0.25) is 0 Å². The van der Waals surface area contributed by atoms with E-state index in [1.165, 1.54) is 0 Å². The summed E-state index contributed by atoms with van der Waals surface area (Å²) in [5, 5.41) is 3.69. The third-order valence-corrected chi connectivity index (χ3v) is 3.57. The number of aryl methyl sites for hydroxylation is 3. The smallest absolute Gasteiger partial charge is 0.343 e. The SMILES string of the molecule is Cc1ccc(C(=O)Oc2ccc(OCc3nc(C)no3)cc2)c(C)c1. The van der Waals surface area contributed by atoms with Crippen LogP contribution in [0.25, 0.3) is 0 Å². The number of carbonyl (C=O) groups is 1. The average Bonchev–Trinajstić information content (AvgIpc) is 2.99. The summed E-state index contributed by atoms with van der Waals surface area (Å²) in [5.41, 5.74) is 2.55. The van der Waals surface area contributed by atoms with Gasteiger partial charge in [-0.1, -0.05) is 22.9 Å². The Morgan fingerprint density at radius 1 is 1.04 bits per heavy atom. The normalized spacial score (nSPS) is 10.5. The molecule has 0 aliphatic heterocycles. The number of esters is 1. The van der Waals surface area contributed by atoms with Gasteiger partial charge in [0.05, 0.1) is 5.56 Å². The van der Waals surface area contributed by atoms with Crippen LogP contribution >= 0.6 is 0 Å². The molecule has 3 aromatic rings. The molecule has 0 amide bonds. The van der Waals surface area contributed by atoms with E-state index in [9.17, 15) is 4.79 Å². The number of hydrogen-bond donors (Lipinski definition) is 0. The maximum Gasteiger partial charge on any atom is 0.343 e. The molecular formula is C19H18N2O4. The summed E-state index contributed by atoms with van der Waals surface area (Å²) >= 11 is 0. The van der Waals surface area contributed by atoms with Gasteiger partial charge in [-0.3, -0.25) is 0 Å². The molecule has 0 fully saturated rings. The highest BCUT2D eigenvalue weighted by molar-refractivity contribution is 5.92. The van der Waals surface area contributed by atoms with Gasteiger partial charge in [-0.2, -0.15) is 4.98 Å². The van der Waals surface area contributed by atoms with Crippen LogP contribution in [0.2, 0.25) is 0 Å². The Morgan fingerprint density at radius 3 is 2.40 bits per heavy atom. The number of rotatable bonds is 5. The van der Waals surface area contributed by atoms with Gasteiger partial charge in [0.1, 0.15) is 11.5 Å². The molecule has 0 atom stereocenters. The standard InChI is InChI=1S/C19H18N2O4/c1-12-4-9-17(13(2)10-12)19(22)24-16-7-5-15(6-8-16)23-11-18-20-14(3)21-25-18/h4-10H,11H2,1-3H3. The Hall–Kier alpha value is -3.15. The van der Waals surface area contributed by atoms with E-state index in [-0.39, 0.29) is 12.6 Å². The molecule has 2 aromatic carbocycles. The van der Waals surface area contributed by atoms with Gasteiger partial charge < -0.3 is 14.0 Å². The van der Waals surface area contributed by atoms with E-state index >= 15 is 0 Å². The Kier molecular flexibility index (Phi) is 4.79. The van der Waals surface area contributed by atoms with Crippen molar-refractivity contribution in [3.05, 3.63) is 70.9 Å². The lowest BCUT2D eigenvalue weighted by Gasteiger charge is -2.08. The monoisotopic (exact) mass is 338 g/mol. The summed E-state index contributed by atoms with van der Waals surface area (Å²) in [6.07, 6.45) is 0. The zero-order chi connectivity index (χ0) is 17.8. The first kappa shape index (κ1) is 16.7. The van der Waals surface area contributed by atoms with Gasteiger partial charge in [0, 0.05) is 0 Å². The van der Waals surface area contributed by atoms with Crippen LogP contribution in [0.4, 0.5) is 0 Å². The summed E-state index contributed by atoms with van der Waals surface area (Å²) in [7, 11) is 0. The lowest BCUT2D eigenvalue weighted by atomic mass is 10.1. The molecule has 0 bridgehead atoms. The van der Waals surface area contributed by atoms with E-state index in [0.717, 1.165) is 11.1 Å². The molecule has 25 heavy (non-hydrogen) atoms. The van der Waals surface area contributed by atoms with Gasteiger partial charge in [0.15, 0.2) is 12.4 Å². The van der Waals surface area contributed by atoms with Crippen LogP contribution in [0.1, 0.15) is 33.2 Å². The molecule has 1 heterocycles. The summed E-state index contributed by atoms with van der Waals surface area (Å²) < 4.78 is 15.9. The second-order valence-electron chi connectivity index (χ2n) is 5.70. The zero-order valence-corrected chi connectivity index (χ0v) is 14.3. The fraction of sp³-hybridized carbons (Fsp3) is 0.211. The Bertz CT molecular complexity index is 885. The number of benzene rings is 2. The average molecular weight is 338 g/mol. The van der Waals surface area contributed by atoms with Crippen molar-refractivity contribution in [2.24, 2.45) is 0 Å². The zero-order valence-electron chi connectivity index (χ0n) is 14.3. The predicted molar refractivity (Wildman–Crippen MR) is 90.7 cm³/mol. The maximum absolute atomic E-state index is 12.3. The minimum Gasteiger partial charge on any atom is -0.484 e. The molecule has 3 rings (SSSR count). The molecule has 0 saturated carbocycles. The topological polar surface area (TPSA) is 74.5 Å². The fourth-order valence-corrected chi connectivity index (χ4v) is 2.35. The summed E-state index contributed by atoms with van der Waals surface area (Å²) in [6, 6.07) is 12.4. The molecule has 6 nitrogen and oxygen atoms in total. The van der Waals surface area contributed by atoms with Gasteiger partial charge in [-0.05, 0) is 56.7 Å². The molecule has 0 N–H and O–H groups in total. The van der Waals surface area contributed by atoms with Crippen LogP contribution in [-0.4, -0.2) is 16.1 Å². The minimum atomic E-state index is -0.382. The van der Waals surface area contributed by atoms with Crippen LogP contribution < -0.4 is 9.47 Å². The highest BCUT2D eigenvalue weighted by atomic mass is 16.5. The molecular weight excluding hydrogens is 320 g/mol. The van der Waals surface area contributed by atoms with Crippen molar-refractivity contribution in [1.29, 1.82) is 0 Å². The molecule has 0 unspecified atom stereocenters. The van der Waals surface area contributed by atoms with Crippen molar-refractivity contribution >= 4 is 5.97 Å². The molecule has 1 aromatic heterocycles. The van der Waals surface area contributed by atoms with Crippen molar-refractivity contribution in [3.8, 4) is 11.5 Å². The predicted octanol–water partition coefficient (Wildman–Crippen LogP) is 3.79. The van der Waals surface area contributed by atoms with Crippen molar-refractivity contribution in [2.75, 3.05) is 0 Å². The van der Waals surface area contributed by atoms with Crippen LogP contribution in [0.5, 0.6) is 11.5 Å².